The van der Waals surface area contributed by atoms with Gasteiger partial charge in [-0.1, -0.05) is 6.07 Å². The standard InChI is InChI=1S/C18H16N4O2/c1-2-14(11-19-7-1)15-6-9-21-18(22-15)20-8-5-13-3-4-16-17(10-13)24-12-23-16/h1-4,6-7,9-11H,5,8,12H2,(H,20,21,22). The second-order valence-electron chi connectivity index (χ2n) is 5.37. The number of nitrogens with zero attached hydrogens (tertiary/aromatic N) is 3. The summed E-state index contributed by atoms with van der Waals surface area (Å²) < 4.78 is 10.7. The topological polar surface area (TPSA) is 69.2 Å². The largest absolute Gasteiger partial charge is 0.454 e. The summed E-state index contributed by atoms with van der Waals surface area (Å²) in [7, 11) is 0. The molecule has 6 heteroatoms. The molecule has 6 nitrogen and oxygen atoms in total. The summed E-state index contributed by atoms with van der Waals surface area (Å²) in [5.41, 5.74) is 3.00. The average Bonchev–Trinajstić information content (AvgIpc) is 3.11. The molecule has 0 unspecified atom stereocenters. The summed E-state index contributed by atoms with van der Waals surface area (Å²) in [4.78, 5) is 12.9. The van der Waals surface area contributed by atoms with Crippen LogP contribution in [0.5, 0.6) is 11.5 Å². The molecule has 0 aliphatic carbocycles. The summed E-state index contributed by atoms with van der Waals surface area (Å²) in [6.45, 7) is 1.03. The smallest absolute Gasteiger partial charge is 0.231 e. The van der Waals surface area contributed by atoms with Crippen LogP contribution in [-0.4, -0.2) is 28.3 Å². The Hall–Kier alpha value is -3.15. The van der Waals surface area contributed by atoms with Gasteiger partial charge in [-0.25, -0.2) is 9.97 Å². The molecule has 1 aliphatic rings. The van der Waals surface area contributed by atoms with E-state index in [9.17, 15) is 0 Å². The molecule has 120 valence electrons. The number of ether oxygens (including phenoxy) is 2. The molecule has 4 rings (SSSR count). The Kier molecular flexibility index (Phi) is 3.93. The van der Waals surface area contributed by atoms with Gasteiger partial charge < -0.3 is 14.8 Å². The predicted octanol–water partition coefficient (Wildman–Crippen LogP) is 2.92. The molecule has 0 atom stereocenters. The monoisotopic (exact) mass is 320 g/mol. The minimum atomic E-state index is 0.298. The fourth-order valence-electron chi connectivity index (χ4n) is 2.53. The fraction of sp³-hybridized carbons (Fsp3) is 0.167. The quantitative estimate of drug-likeness (QED) is 0.779. The number of aromatic nitrogens is 3. The van der Waals surface area contributed by atoms with Crippen LogP contribution in [0.25, 0.3) is 11.3 Å². The van der Waals surface area contributed by atoms with E-state index in [1.165, 1.54) is 5.56 Å². The Bertz CT molecular complexity index is 839. The van der Waals surface area contributed by atoms with Gasteiger partial charge in [-0.2, -0.15) is 0 Å². The zero-order valence-electron chi connectivity index (χ0n) is 13.0. The highest BCUT2D eigenvalue weighted by Gasteiger charge is 2.12. The van der Waals surface area contributed by atoms with Crippen molar-refractivity contribution in [2.45, 2.75) is 6.42 Å². The SMILES string of the molecule is c1cncc(-c2ccnc(NCCc3ccc4c(c3)OCO4)n2)c1. The fourth-order valence-corrected chi connectivity index (χ4v) is 2.53. The Labute approximate surface area is 139 Å². The molecule has 0 bridgehead atoms. The summed E-state index contributed by atoms with van der Waals surface area (Å²) in [6.07, 6.45) is 6.13. The van der Waals surface area contributed by atoms with Gasteiger partial charge >= 0.3 is 0 Å². The van der Waals surface area contributed by atoms with Crippen molar-refractivity contribution in [3.63, 3.8) is 0 Å². The Balaban J connectivity index is 1.39. The summed E-state index contributed by atoms with van der Waals surface area (Å²) in [5, 5.41) is 3.26. The van der Waals surface area contributed by atoms with Crippen LogP contribution in [0.3, 0.4) is 0 Å². The van der Waals surface area contributed by atoms with Gasteiger partial charge in [0.05, 0.1) is 5.69 Å². The number of rotatable bonds is 5. The zero-order valence-corrected chi connectivity index (χ0v) is 13.0. The maximum Gasteiger partial charge on any atom is 0.231 e. The molecule has 0 radical (unpaired) electrons. The lowest BCUT2D eigenvalue weighted by molar-refractivity contribution is 0.174. The van der Waals surface area contributed by atoms with Gasteiger partial charge in [0.1, 0.15) is 0 Å². The van der Waals surface area contributed by atoms with E-state index in [1.54, 1.807) is 18.6 Å². The number of hydrogen-bond donors (Lipinski definition) is 1. The van der Waals surface area contributed by atoms with Gasteiger partial charge in [-0.15, -0.1) is 0 Å². The van der Waals surface area contributed by atoms with Gasteiger partial charge in [0.15, 0.2) is 11.5 Å². The van der Waals surface area contributed by atoms with Crippen molar-refractivity contribution in [3.8, 4) is 22.8 Å². The molecule has 3 aromatic rings. The third-order valence-corrected chi connectivity index (χ3v) is 3.75. The number of nitrogens with one attached hydrogen (secondary N) is 1. The van der Waals surface area contributed by atoms with Gasteiger partial charge in [0.25, 0.3) is 0 Å². The van der Waals surface area contributed by atoms with Crippen molar-refractivity contribution in [1.29, 1.82) is 0 Å². The van der Waals surface area contributed by atoms with Gasteiger partial charge in [-0.3, -0.25) is 4.98 Å². The maximum absolute atomic E-state index is 5.40. The predicted molar refractivity (Wildman–Crippen MR) is 90.0 cm³/mol. The van der Waals surface area contributed by atoms with Crippen LogP contribution in [0.15, 0.2) is 55.0 Å². The molecule has 0 amide bonds. The van der Waals surface area contributed by atoms with Crippen LogP contribution in [0, 0.1) is 0 Å². The van der Waals surface area contributed by atoms with E-state index in [2.05, 4.69) is 20.3 Å². The van der Waals surface area contributed by atoms with Crippen molar-refractivity contribution < 1.29 is 9.47 Å². The van der Waals surface area contributed by atoms with E-state index in [1.807, 2.05) is 36.4 Å². The second-order valence-corrected chi connectivity index (χ2v) is 5.37. The maximum atomic E-state index is 5.40. The first-order chi connectivity index (χ1) is 11.9. The highest BCUT2D eigenvalue weighted by molar-refractivity contribution is 5.58. The first kappa shape index (κ1) is 14.4. The third-order valence-electron chi connectivity index (χ3n) is 3.75. The normalized spacial score (nSPS) is 12.2. The van der Waals surface area contributed by atoms with E-state index in [0.29, 0.717) is 12.7 Å². The first-order valence-electron chi connectivity index (χ1n) is 7.74. The Morgan fingerprint density at radius 1 is 1.04 bits per heavy atom. The van der Waals surface area contributed by atoms with E-state index in [4.69, 9.17) is 9.47 Å². The number of anilines is 1. The first-order valence-corrected chi connectivity index (χ1v) is 7.74. The number of benzene rings is 1. The summed E-state index contributed by atoms with van der Waals surface area (Å²) in [5.74, 6) is 2.22. The number of pyridine rings is 1. The molecule has 24 heavy (non-hydrogen) atoms. The van der Waals surface area contributed by atoms with Crippen molar-refractivity contribution in [1.82, 2.24) is 15.0 Å². The lowest BCUT2D eigenvalue weighted by Gasteiger charge is -2.07. The summed E-state index contributed by atoms with van der Waals surface area (Å²) >= 11 is 0. The zero-order chi connectivity index (χ0) is 16.2. The Morgan fingerprint density at radius 3 is 2.92 bits per heavy atom. The summed E-state index contributed by atoms with van der Waals surface area (Å²) in [6, 6.07) is 11.7. The van der Waals surface area contributed by atoms with Gasteiger partial charge in [-0.05, 0) is 42.3 Å². The number of hydrogen-bond acceptors (Lipinski definition) is 6. The van der Waals surface area contributed by atoms with Crippen molar-refractivity contribution in [3.05, 3.63) is 60.6 Å². The van der Waals surface area contributed by atoms with E-state index >= 15 is 0 Å². The molecular weight excluding hydrogens is 304 g/mol. The van der Waals surface area contributed by atoms with Gasteiger partial charge in [0.2, 0.25) is 12.7 Å². The molecule has 0 saturated heterocycles. The van der Waals surface area contributed by atoms with Crippen LogP contribution < -0.4 is 14.8 Å². The van der Waals surface area contributed by atoms with Gasteiger partial charge in [0, 0.05) is 30.7 Å². The van der Waals surface area contributed by atoms with Crippen molar-refractivity contribution in [2.75, 3.05) is 18.7 Å². The minimum absolute atomic E-state index is 0.298. The van der Waals surface area contributed by atoms with Crippen molar-refractivity contribution >= 4 is 5.95 Å². The molecule has 3 heterocycles. The molecule has 2 aromatic heterocycles. The second kappa shape index (κ2) is 6.54. The molecule has 1 aliphatic heterocycles. The average molecular weight is 320 g/mol. The number of fused-ring (bicyclic) bond motifs is 1. The molecular formula is C18H16N4O2. The molecule has 0 spiro atoms. The Morgan fingerprint density at radius 2 is 2.00 bits per heavy atom. The third kappa shape index (κ3) is 3.12. The van der Waals surface area contributed by atoms with E-state index < -0.39 is 0 Å². The highest BCUT2D eigenvalue weighted by Crippen LogP contribution is 2.32. The molecule has 0 fully saturated rings. The molecule has 1 N–H and O–H groups in total. The highest BCUT2D eigenvalue weighted by atomic mass is 16.7. The van der Waals surface area contributed by atoms with Crippen LogP contribution in [0.2, 0.25) is 0 Å². The van der Waals surface area contributed by atoms with E-state index in [0.717, 1.165) is 35.7 Å². The lowest BCUT2D eigenvalue weighted by Crippen LogP contribution is -2.08. The van der Waals surface area contributed by atoms with E-state index in [-0.39, 0.29) is 0 Å². The van der Waals surface area contributed by atoms with Crippen LogP contribution >= 0.6 is 0 Å². The van der Waals surface area contributed by atoms with Crippen LogP contribution in [-0.2, 0) is 6.42 Å². The minimum Gasteiger partial charge on any atom is -0.454 e. The van der Waals surface area contributed by atoms with Crippen LogP contribution in [0.1, 0.15) is 5.56 Å². The molecule has 0 saturated carbocycles. The van der Waals surface area contributed by atoms with Crippen LogP contribution in [0.4, 0.5) is 5.95 Å². The van der Waals surface area contributed by atoms with Crippen molar-refractivity contribution in [2.24, 2.45) is 0 Å². The lowest BCUT2D eigenvalue weighted by atomic mass is 10.1. The molecule has 1 aromatic carbocycles.